The Morgan fingerprint density at radius 2 is 1.87 bits per heavy atom. The van der Waals surface area contributed by atoms with Crippen LogP contribution in [0.25, 0.3) is 11.3 Å². The van der Waals surface area contributed by atoms with Gasteiger partial charge in [0.05, 0.1) is 5.69 Å². The van der Waals surface area contributed by atoms with Gasteiger partial charge >= 0.3 is 0 Å². The Morgan fingerprint density at radius 1 is 1.07 bits per heavy atom. The van der Waals surface area contributed by atoms with Crippen molar-refractivity contribution in [3.63, 3.8) is 0 Å². The maximum absolute atomic E-state index is 5.90. The molecule has 1 aromatic heterocycles. The van der Waals surface area contributed by atoms with Crippen LogP contribution in [0.15, 0.2) is 30.3 Å². The summed E-state index contributed by atoms with van der Waals surface area (Å²) < 4.78 is 0. The van der Waals surface area contributed by atoms with Crippen molar-refractivity contribution in [1.29, 1.82) is 0 Å². The molecule has 1 heterocycles. The molecule has 0 fully saturated rings. The lowest BCUT2D eigenvalue weighted by molar-refractivity contribution is 1.02. The molecule has 0 aliphatic rings. The van der Waals surface area contributed by atoms with Crippen LogP contribution < -0.4 is 0 Å². The first-order valence-corrected chi connectivity index (χ1v) is 5.18. The number of halogens is 2. The molecule has 0 saturated heterocycles. The summed E-state index contributed by atoms with van der Waals surface area (Å²) in [5.74, 6) is 0. The number of benzene rings is 1. The van der Waals surface area contributed by atoms with E-state index in [4.69, 9.17) is 23.2 Å². The second-order valence-corrected chi connectivity index (χ2v) is 4.03. The molecule has 2 aromatic rings. The van der Waals surface area contributed by atoms with Crippen molar-refractivity contribution in [3.05, 3.63) is 46.1 Å². The summed E-state index contributed by atoms with van der Waals surface area (Å²) in [6, 6.07) is 9.28. The number of hydrogen-bond acceptors (Lipinski definition) is 2. The summed E-state index contributed by atoms with van der Waals surface area (Å²) in [5.41, 5.74) is 2.74. The fraction of sp³-hybridized carbons (Fsp3) is 0.0909. The molecule has 0 atom stereocenters. The zero-order valence-electron chi connectivity index (χ0n) is 8.04. The van der Waals surface area contributed by atoms with Crippen molar-refractivity contribution < 1.29 is 0 Å². The topological polar surface area (TPSA) is 25.8 Å². The zero-order chi connectivity index (χ0) is 10.8. The third-order valence-electron chi connectivity index (χ3n) is 2.05. The highest BCUT2D eigenvalue weighted by Crippen LogP contribution is 2.24. The second-order valence-electron chi connectivity index (χ2n) is 3.21. The van der Waals surface area contributed by atoms with Crippen LogP contribution in [0.5, 0.6) is 0 Å². The van der Waals surface area contributed by atoms with Gasteiger partial charge in [0, 0.05) is 10.6 Å². The SMILES string of the molecule is Cc1cc(Cl)nnc1-c1cccc(Cl)c1. The van der Waals surface area contributed by atoms with Gasteiger partial charge in [0.15, 0.2) is 5.15 Å². The summed E-state index contributed by atoms with van der Waals surface area (Å²) in [7, 11) is 0. The summed E-state index contributed by atoms with van der Waals surface area (Å²) >= 11 is 11.6. The Bertz CT molecular complexity index is 498. The summed E-state index contributed by atoms with van der Waals surface area (Å²) in [6.07, 6.45) is 0. The molecular formula is C11H8Cl2N2. The first-order chi connectivity index (χ1) is 7.16. The predicted molar refractivity (Wildman–Crippen MR) is 62.2 cm³/mol. The minimum Gasteiger partial charge on any atom is -0.149 e. The Balaban J connectivity index is 2.54. The lowest BCUT2D eigenvalue weighted by atomic mass is 10.1. The van der Waals surface area contributed by atoms with Crippen LogP contribution >= 0.6 is 23.2 Å². The highest BCUT2D eigenvalue weighted by Gasteiger charge is 2.05. The molecule has 0 saturated carbocycles. The van der Waals surface area contributed by atoms with E-state index < -0.39 is 0 Å². The predicted octanol–water partition coefficient (Wildman–Crippen LogP) is 3.76. The first-order valence-electron chi connectivity index (χ1n) is 4.42. The van der Waals surface area contributed by atoms with Crippen LogP contribution in [0.3, 0.4) is 0 Å². The highest BCUT2D eigenvalue weighted by molar-refractivity contribution is 6.31. The van der Waals surface area contributed by atoms with E-state index in [1.165, 1.54) is 0 Å². The van der Waals surface area contributed by atoms with Gasteiger partial charge in [-0.2, -0.15) is 0 Å². The molecule has 0 radical (unpaired) electrons. The van der Waals surface area contributed by atoms with Crippen LogP contribution in [0.4, 0.5) is 0 Å². The summed E-state index contributed by atoms with van der Waals surface area (Å²) in [6.45, 7) is 1.94. The van der Waals surface area contributed by atoms with Gasteiger partial charge in [0.2, 0.25) is 0 Å². The van der Waals surface area contributed by atoms with E-state index in [9.17, 15) is 0 Å². The number of aryl methyl sites for hydroxylation is 1. The average molecular weight is 239 g/mol. The van der Waals surface area contributed by atoms with Crippen molar-refractivity contribution in [2.45, 2.75) is 6.92 Å². The normalized spacial score (nSPS) is 10.3. The minimum absolute atomic E-state index is 0.401. The van der Waals surface area contributed by atoms with Crippen LogP contribution in [0, 0.1) is 6.92 Å². The van der Waals surface area contributed by atoms with Crippen LogP contribution in [-0.4, -0.2) is 10.2 Å². The quantitative estimate of drug-likeness (QED) is 0.757. The molecule has 0 spiro atoms. The van der Waals surface area contributed by atoms with Gasteiger partial charge in [-0.25, -0.2) is 0 Å². The van der Waals surface area contributed by atoms with Gasteiger partial charge in [-0.15, -0.1) is 10.2 Å². The van der Waals surface area contributed by atoms with Crippen LogP contribution in [-0.2, 0) is 0 Å². The van der Waals surface area contributed by atoms with Crippen LogP contribution in [0.2, 0.25) is 10.2 Å². The molecule has 0 bridgehead atoms. The van der Waals surface area contributed by atoms with E-state index in [-0.39, 0.29) is 0 Å². The van der Waals surface area contributed by atoms with Crippen LogP contribution in [0.1, 0.15) is 5.56 Å². The number of aromatic nitrogens is 2. The molecule has 0 unspecified atom stereocenters. The lowest BCUT2D eigenvalue weighted by Crippen LogP contribution is -1.91. The van der Waals surface area contributed by atoms with Crippen molar-refractivity contribution >= 4 is 23.2 Å². The molecule has 15 heavy (non-hydrogen) atoms. The van der Waals surface area contributed by atoms with Gasteiger partial charge in [0.1, 0.15) is 0 Å². The fourth-order valence-electron chi connectivity index (χ4n) is 1.37. The first kappa shape index (κ1) is 10.4. The maximum atomic E-state index is 5.90. The van der Waals surface area contributed by atoms with E-state index in [2.05, 4.69) is 10.2 Å². The van der Waals surface area contributed by atoms with Gasteiger partial charge in [-0.05, 0) is 30.7 Å². The van der Waals surface area contributed by atoms with E-state index in [1.54, 1.807) is 6.07 Å². The van der Waals surface area contributed by atoms with Gasteiger partial charge < -0.3 is 0 Å². The molecule has 2 nitrogen and oxygen atoms in total. The van der Waals surface area contributed by atoms with E-state index >= 15 is 0 Å². The number of hydrogen-bond donors (Lipinski definition) is 0. The summed E-state index contributed by atoms with van der Waals surface area (Å²) in [5, 5.41) is 8.95. The molecule has 0 amide bonds. The Hall–Kier alpha value is -1.12. The average Bonchev–Trinajstić information content (AvgIpc) is 2.17. The highest BCUT2D eigenvalue weighted by atomic mass is 35.5. The van der Waals surface area contributed by atoms with E-state index in [0.29, 0.717) is 10.2 Å². The molecule has 0 N–H and O–H groups in total. The van der Waals surface area contributed by atoms with Gasteiger partial charge in [-0.1, -0.05) is 35.3 Å². The van der Waals surface area contributed by atoms with E-state index in [0.717, 1.165) is 16.8 Å². The van der Waals surface area contributed by atoms with Gasteiger partial charge in [0.25, 0.3) is 0 Å². The number of nitrogens with zero attached hydrogens (tertiary/aromatic N) is 2. The third kappa shape index (κ3) is 2.28. The molecule has 0 aliphatic heterocycles. The smallest absolute Gasteiger partial charge is 0.149 e. The number of rotatable bonds is 1. The van der Waals surface area contributed by atoms with E-state index in [1.807, 2.05) is 31.2 Å². The fourth-order valence-corrected chi connectivity index (χ4v) is 1.77. The van der Waals surface area contributed by atoms with Gasteiger partial charge in [-0.3, -0.25) is 0 Å². The monoisotopic (exact) mass is 238 g/mol. The lowest BCUT2D eigenvalue weighted by Gasteiger charge is -2.04. The van der Waals surface area contributed by atoms with Crippen molar-refractivity contribution in [3.8, 4) is 11.3 Å². The molecule has 4 heteroatoms. The van der Waals surface area contributed by atoms with Crippen molar-refractivity contribution in [2.24, 2.45) is 0 Å². The summed E-state index contributed by atoms with van der Waals surface area (Å²) in [4.78, 5) is 0. The molecule has 1 aromatic carbocycles. The third-order valence-corrected chi connectivity index (χ3v) is 2.47. The largest absolute Gasteiger partial charge is 0.152 e. The Labute approximate surface area is 97.9 Å². The second kappa shape index (κ2) is 4.17. The maximum Gasteiger partial charge on any atom is 0.152 e. The van der Waals surface area contributed by atoms with Crippen molar-refractivity contribution in [1.82, 2.24) is 10.2 Å². The molecular weight excluding hydrogens is 231 g/mol. The standard InChI is InChI=1S/C11H8Cl2N2/c1-7-5-10(13)14-15-11(7)8-3-2-4-9(12)6-8/h2-6H,1H3. The Kier molecular flexibility index (Phi) is 2.89. The minimum atomic E-state index is 0.401. The molecule has 0 aliphatic carbocycles. The zero-order valence-corrected chi connectivity index (χ0v) is 9.55. The Morgan fingerprint density at radius 3 is 2.53 bits per heavy atom. The van der Waals surface area contributed by atoms with Crippen molar-refractivity contribution in [2.75, 3.05) is 0 Å². The molecule has 76 valence electrons. The molecule has 2 rings (SSSR count).